The van der Waals surface area contributed by atoms with Crippen molar-refractivity contribution in [2.24, 2.45) is 0 Å². The van der Waals surface area contributed by atoms with Gasteiger partial charge < -0.3 is 14.1 Å². The van der Waals surface area contributed by atoms with Crippen molar-refractivity contribution in [1.82, 2.24) is 4.90 Å². The van der Waals surface area contributed by atoms with Crippen LogP contribution in [0, 0.1) is 0 Å². The number of furan rings is 1. The van der Waals surface area contributed by atoms with E-state index in [1.54, 1.807) is 17.2 Å². The minimum atomic E-state index is -0.525. The average Bonchev–Trinajstić information content (AvgIpc) is 3.03. The molecule has 0 unspecified atom stereocenters. The quantitative estimate of drug-likeness (QED) is 0.604. The molecule has 2 heterocycles. The summed E-state index contributed by atoms with van der Waals surface area (Å²) in [5.41, 5.74) is 0. The smallest absolute Gasteiger partial charge is 0.267 e. The molecule has 0 aliphatic carbocycles. The number of rotatable bonds is 6. The first kappa shape index (κ1) is 13.5. The lowest BCUT2D eigenvalue weighted by Crippen LogP contribution is -2.61. The van der Waals surface area contributed by atoms with E-state index in [2.05, 4.69) is 6.58 Å². The first-order valence-corrected chi connectivity index (χ1v) is 6.98. The summed E-state index contributed by atoms with van der Waals surface area (Å²) in [4.78, 5) is 14.1. The minimum absolute atomic E-state index is 0.0119. The van der Waals surface area contributed by atoms with Crippen molar-refractivity contribution in [2.45, 2.75) is 18.6 Å². The standard InChI is InChI=1S/C17H17NO3/c1-2-3-11-18-15(14-10-7-12-20-14)16(17(18)19)21-13-8-5-4-6-9-13/h2,4-10,12,15-16H,1,3,11H2/t15-,16+/m0/s1. The topological polar surface area (TPSA) is 42.7 Å². The molecule has 108 valence electrons. The Morgan fingerprint density at radius 2 is 2.05 bits per heavy atom. The van der Waals surface area contributed by atoms with Gasteiger partial charge in [0.15, 0.2) is 0 Å². The molecule has 0 N–H and O–H groups in total. The van der Waals surface area contributed by atoms with E-state index in [4.69, 9.17) is 9.15 Å². The van der Waals surface area contributed by atoms with Gasteiger partial charge in [0.1, 0.15) is 17.6 Å². The van der Waals surface area contributed by atoms with E-state index in [0.717, 1.165) is 12.2 Å². The van der Waals surface area contributed by atoms with Gasteiger partial charge in [-0.25, -0.2) is 0 Å². The number of hydrogen-bond donors (Lipinski definition) is 0. The van der Waals surface area contributed by atoms with Crippen LogP contribution in [0.15, 0.2) is 65.8 Å². The fourth-order valence-electron chi connectivity index (χ4n) is 2.52. The number of carbonyl (C=O) groups excluding carboxylic acids is 1. The second-order valence-corrected chi connectivity index (χ2v) is 4.92. The number of ether oxygens (including phenoxy) is 1. The van der Waals surface area contributed by atoms with E-state index in [1.807, 2.05) is 42.5 Å². The molecule has 3 rings (SSSR count). The van der Waals surface area contributed by atoms with E-state index in [9.17, 15) is 4.79 Å². The molecule has 4 heteroatoms. The highest BCUT2D eigenvalue weighted by Crippen LogP contribution is 2.37. The molecule has 0 spiro atoms. The zero-order valence-corrected chi connectivity index (χ0v) is 11.6. The molecule has 2 aromatic rings. The van der Waals surface area contributed by atoms with Gasteiger partial charge in [-0.15, -0.1) is 6.58 Å². The van der Waals surface area contributed by atoms with Crippen molar-refractivity contribution in [3.8, 4) is 5.75 Å². The summed E-state index contributed by atoms with van der Waals surface area (Å²) in [7, 11) is 0. The Morgan fingerprint density at radius 3 is 2.71 bits per heavy atom. The highest BCUT2D eigenvalue weighted by molar-refractivity contribution is 5.89. The largest absolute Gasteiger partial charge is 0.478 e. The van der Waals surface area contributed by atoms with Gasteiger partial charge in [-0.1, -0.05) is 24.3 Å². The molecule has 1 fully saturated rings. The minimum Gasteiger partial charge on any atom is -0.478 e. The molecule has 4 nitrogen and oxygen atoms in total. The Labute approximate surface area is 123 Å². The van der Waals surface area contributed by atoms with Gasteiger partial charge in [-0.05, 0) is 30.7 Å². The number of para-hydroxylation sites is 1. The van der Waals surface area contributed by atoms with Crippen LogP contribution in [0.2, 0.25) is 0 Å². The lowest BCUT2D eigenvalue weighted by Gasteiger charge is -2.45. The van der Waals surface area contributed by atoms with Crippen LogP contribution in [-0.2, 0) is 4.79 Å². The second-order valence-electron chi connectivity index (χ2n) is 4.92. The van der Waals surface area contributed by atoms with Crippen LogP contribution in [0.1, 0.15) is 18.2 Å². The molecule has 0 bridgehead atoms. The third-order valence-electron chi connectivity index (χ3n) is 3.56. The van der Waals surface area contributed by atoms with Crippen LogP contribution in [0.4, 0.5) is 0 Å². The molecule has 1 aliphatic heterocycles. The van der Waals surface area contributed by atoms with E-state index in [-0.39, 0.29) is 11.9 Å². The van der Waals surface area contributed by atoms with Crippen molar-refractivity contribution in [3.05, 3.63) is 67.1 Å². The zero-order valence-electron chi connectivity index (χ0n) is 11.6. The molecule has 1 aromatic heterocycles. The van der Waals surface area contributed by atoms with E-state index >= 15 is 0 Å². The molecule has 1 amide bonds. The number of nitrogens with zero attached hydrogens (tertiary/aromatic N) is 1. The number of carbonyl (C=O) groups is 1. The highest BCUT2D eigenvalue weighted by Gasteiger charge is 2.51. The number of amides is 1. The van der Waals surface area contributed by atoms with Gasteiger partial charge in [0.25, 0.3) is 5.91 Å². The average molecular weight is 283 g/mol. The van der Waals surface area contributed by atoms with Crippen LogP contribution in [0.5, 0.6) is 5.75 Å². The van der Waals surface area contributed by atoms with Crippen molar-refractivity contribution in [3.63, 3.8) is 0 Å². The third kappa shape index (κ3) is 2.57. The maximum Gasteiger partial charge on any atom is 0.267 e. The normalized spacial score (nSPS) is 21.0. The first-order valence-electron chi connectivity index (χ1n) is 6.98. The molecule has 2 atom stereocenters. The van der Waals surface area contributed by atoms with Gasteiger partial charge in [-0.2, -0.15) is 0 Å². The van der Waals surface area contributed by atoms with Crippen molar-refractivity contribution < 1.29 is 13.9 Å². The van der Waals surface area contributed by atoms with Crippen LogP contribution >= 0.6 is 0 Å². The molecule has 0 radical (unpaired) electrons. The molecular formula is C17H17NO3. The molecule has 0 saturated carbocycles. The van der Waals surface area contributed by atoms with Crippen molar-refractivity contribution in [2.75, 3.05) is 6.54 Å². The Hall–Kier alpha value is -2.49. The lowest BCUT2D eigenvalue weighted by atomic mass is 9.95. The summed E-state index contributed by atoms with van der Waals surface area (Å²) < 4.78 is 11.3. The summed E-state index contributed by atoms with van der Waals surface area (Å²) in [6.45, 7) is 4.33. The Bertz CT molecular complexity index is 606. The summed E-state index contributed by atoms with van der Waals surface area (Å²) >= 11 is 0. The molecule has 1 aromatic carbocycles. The molecule has 1 saturated heterocycles. The van der Waals surface area contributed by atoms with Gasteiger partial charge >= 0.3 is 0 Å². The number of hydrogen-bond acceptors (Lipinski definition) is 3. The fourth-order valence-corrected chi connectivity index (χ4v) is 2.52. The first-order chi connectivity index (χ1) is 10.3. The summed E-state index contributed by atoms with van der Waals surface area (Å²) in [5, 5.41) is 0. The summed E-state index contributed by atoms with van der Waals surface area (Å²) in [6.07, 6.45) is 3.64. The number of likely N-dealkylation sites (tertiary alicyclic amines) is 1. The summed E-state index contributed by atoms with van der Waals surface area (Å²) in [6, 6.07) is 12.9. The molecule has 1 aliphatic rings. The predicted molar refractivity (Wildman–Crippen MR) is 78.8 cm³/mol. The number of β-lactam (4-membered cyclic amide) rings is 1. The Balaban J connectivity index is 1.79. The van der Waals surface area contributed by atoms with Crippen LogP contribution in [-0.4, -0.2) is 23.5 Å². The maximum absolute atomic E-state index is 12.3. The van der Waals surface area contributed by atoms with Crippen LogP contribution < -0.4 is 4.74 Å². The van der Waals surface area contributed by atoms with Crippen molar-refractivity contribution in [1.29, 1.82) is 0 Å². The van der Waals surface area contributed by atoms with Gasteiger partial charge in [0.2, 0.25) is 6.10 Å². The summed E-state index contributed by atoms with van der Waals surface area (Å²) in [5.74, 6) is 1.43. The van der Waals surface area contributed by atoms with Crippen LogP contribution in [0.3, 0.4) is 0 Å². The molecular weight excluding hydrogens is 266 g/mol. The maximum atomic E-state index is 12.3. The fraction of sp³-hybridized carbons (Fsp3) is 0.235. The van der Waals surface area contributed by atoms with E-state index < -0.39 is 6.10 Å². The van der Waals surface area contributed by atoms with Crippen molar-refractivity contribution >= 4 is 5.91 Å². The Kier molecular flexibility index (Phi) is 3.77. The monoisotopic (exact) mass is 283 g/mol. The highest BCUT2D eigenvalue weighted by atomic mass is 16.5. The van der Waals surface area contributed by atoms with Gasteiger partial charge in [-0.3, -0.25) is 4.79 Å². The number of benzene rings is 1. The predicted octanol–water partition coefficient (Wildman–Crippen LogP) is 3.19. The second kappa shape index (κ2) is 5.87. The lowest BCUT2D eigenvalue weighted by molar-refractivity contribution is -0.165. The zero-order chi connectivity index (χ0) is 14.7. The van der Waals surface area contributed by atoms with Gasteiger partial charge in [0, 0.05) is 6.54 Å². The SMILES string of the molecule is C=CCCN1C(=O)[C@H](Oc2ccccc2)[C@@H]1c1ccco1. The third-order valence-corrected chi connectivity index (χ3v) is 3.56. The van der Waals surface area contributed by atoms with E-state index in [1.165, 1.54) is 0 Å². The van der Waals surface area contributed by atoms with E-state index in [0.29, 0.717) is 12.3 Å². The Morgan fingerprint density at radius 1 is 1.24 bits per heavy atom. The van der Waals surface area contributed by atoms with Crippen LogP contribution in [0.25, 0.3) is 0 Å². The molecule has 21 heavy (non-hydrogen) atoms. The van der Waals surface area contributed by atoms with Gasteiger partial charge in [0.05, 0.1) is 6.26 Å².